The largest absolute Gasteiger partial charge is 0.360 e. The summed E-state index contributed by atoms with van der Waals surface area (Å²) in [7, 11) is 0. The van der Waals surface area contributed by atoms with Crippen LogP contribution in [0.25, 0.3) is 5.65 Å². The van der Waals surface area contributed by atoms with Gasteiger partial charge in [-0.3, -0.25) is 0 Å². The van der Waals surface area contributed by atoms with Crippen LogP contribution in [0.4, 0.5) is 5.13 Å². The molecule has 1 N–H and O–H groups in total. The van der Waals surface area contributed by atoms with Crippen molar-refractivity contribution in [1.29, 1.82) is 0 Å². The van der Waals surface area contributed by atoms with Gasteiger partial charge in [0.1, 0.15) is 0 Å². The summed E-state index contributed by atoms with van der Waals surface area (Å²) in [5.74, 6) is 0.706. The number of hydrogen-bond donors (Lipinski definition) is 1. The van der Waals surface area contributed by atoms with Gasteiger partial charge in [-0.2, -0.15) is 0 Å². The van der Waals surface area contributed by atoms with E-state index in [1.54, 1.807) is 35.4 Å². The Morgan fingerprint density at radius 2 is 2.18 bits per heavy atom. The van der Waals surface area contributed by atoms with Crippen molar-refractivity contribution in [2.24, 2.45) is 0 Å². The van der Waals surface area contributed by atoms with E-state index in [0.717, 1.165) is 28.1 Å². The molecule has 9 heteroatoms. The Hall–Kier alpha value is -1.02. The van der Waals surface area contributed by atoms with Crippen LogP contribution in [-0.4, -0.2) is 26.1 Å². The van der Waals surface area contributed by atoms with E-state index < -0.39 is 0 Å². The minimum atomic E-state index is 0.547. The second-order valence-corrected chi connectivity index (χ2v) is 7.60. The van der Waals surface area contributed by atoms with Gasteiger partial charge in [0.2, 0.25) is 5.13 Å². The molecule has 0 saturated heterocycles. The summed E-state index contributed by atoms with van der Waals surface area (Å²) in [5.41, 5.74) is 1.64. The van der Waals surface area contributed by atoms with Crippen molar-refractivity contribution in [1.82, 2.24) is 19.6 Å². The standard InChI is InChI=1S/C13H13Cl2N5S2/c1-2-3-16-12-18-19-13(22-12)21-7-9-6-20-5-8(14)4-10(15)11(20)17-9/h4-6H,2-3,7H2,1H3,(H,16,18). The van der Waals surface area contributed by atoms with Crippen molar-refractivity contribution in [2.75, 3.05) is 11.9 Å². The van der Waals surface area contributed by atoms with E-state index >= 15 is 0 Å². The van der Waals surface area contributed by atoms with Gasteiger partial charge >= 0.3 is 0 Å². The van der Waals surface area contributed by atoms with Gasteiger partial charge < -0.3 is 9.72 Å². The lowest BCUT2D eigenvalue weighted by Crippen LogP contribution is -1.98. The Bertz CT molecular complexity index is 786. The molecular formula is C13H13Cl2N5S2. The Morgan fingerprint density at radius 1 is 1.32 bits per heavy atom. The van der Waals surface area contributed by atoms with Crippen molar-refractivity contribution in [3.05, 3.63) is 34.2 Å². The summed E-state index contributed by atoms with van der Waals surface area (Å²) in [4.78, 5) is 4.52. The molecule has 3 heterocycles. The highest BCUT2D eigenvalue weighted by Gasteiger charge is 2.09. The van der Waals surface area contributed by atoms with Gasteiger partial charge in [0.15, 0.2) is 9.99 Å². The van der Waals surface area contributed by atoms with E-state index in [1.807, 2.05) is 10.6 Å². The van der Waals surface area contributed by atoms with E-state index in [0.29, 0.717) is 21.4 Å². The fraction of sp³-hybridized carbons (Fsp3) is 0.308. The SMILES string of the molecule is CCCNc1nnc(SCc2cn3cc(Cl)cc(Cl)c3n2)s1. The van der Waals surface area contributed by atoms with Crippen LogP contribution in [0.1, 0.15) is 19.0 Å². The Morgan fingerprint density at radius 3 is 3.00 bits per heavy atom. The van der Waals surface area contributed by atoms with Gasteiger partial charge in [-0.1, -0.05) is 53.2 Å². The number of aromatic nitrogens is 4. The molecule has 0 radical (unpaired) electrons. The number of nitrogens with one attached hydrogen (secondary N) is 1. The van der Waals surface area contributed by atoms with Crippen molar-refractivity contribution in [3.8, 4) is 0 Å². The molecule has 116 valence electrons. The first kappa shape index (κ1) is 15.9. The van der Waals surface area contributed by atoms with E-state index in [-0.39, 0.29) is 0 Å². The number of pyridine rings is 1. The monoisotopic (exact) mass is 373 g/mol. The summed E-state index contributed by atoms with van der Waals surface area (Å²) in [6, 6.07) is 1.69. The highest BCUT2D eigenvalue weighted by molar-refractivity contribution is 8.00. The highest BCUT2D eigenvalue weighted by atomic mass is 35.5. The molecule has 0 atom stereocenters. The zero-order valence-electron chi connectivity index (χ0n) is 11.7. The molecule has 3 aromatic heterocycles. The lowest BCUT2D eigenvalue weighted by molar-refractivity contribution is 0.951. The third-order valence-electron chi connectivity index (χ3n) is 2.80. The molecule has 0 spiro atoms. The number of halogens is 2. The van der Waals surface area contributed by atoms with Crippen molar-refractivity contribution in [3.63, 3.8) is 0 Å². The van der Waals surface area contributed by atoms with Gasteiger partial charge in [-0.05, 0) is 12.5 Å². The molecule has 5 nitrogen and oxygen atoms in total. The third-order valence-corrected chi connectivity index (χ3v) is 5.33. The second kappa shape index (κ2) is 7.04. The van der Waals surface area contributed by atoms with Gasteiger partial charge in [0.25, 0.3) is 0 Å². The number of thioether (sulfide) groups is 1. The van der Waals surface area contributed by atoms with Gasteiger partial charge in [0, 0.05) is 24.7 Å². The molecule has 3 rings (SSSR count). The van der Waals surface area contributed by atoms with Gasteiger partial charge in [0.05, 0.1) is 15.7 Å². The predicted molar refractivity (Wildman–Crippen MR) is 93.5 cm³/mol. The van der Waals surface area contributed by atoms with Crippen LogP contribution in [0, 0.1) is 0 Å². The number of nitrogens with zero attached hydrogens (tertiary/aromatic N) is 4. The zero-order chi connectivity index (χ0) is 15.5. The number of hydrogen-bond acceptors (Lipinski definition) is 6. The molecular weight excluding hydrogens is 361 g/mol. The summed E-state index contributed by atoms with van der Waals surface area (Å²) < 4.78 is 2.76. The third kappa shape index (κ3) is 3.65. The van der Waals surface area contributed by atoms with Crippen molar-refractivity contribution >= 4 is 57.1 Å². The van der Waals surface area contributed by atoms with Gasteiger partial charge in [-0.25, -0.2) is 4.98 Å². The molecule has 0 fully saturated rings. The lowest BCUT2D eigenvalue weighted by Gasteiger charge is -1.95. The molecule has 0 unspecified atom stereocenters. The van der Waals surface area contributed by atoms with Crippen LogP contribution < -0.4 is 5.32 Å². The molecule has 0 aliphatic heterocycles. The van der Waals surface area contributed by atoms with E-state index in [9.17, 15) is 0 Å². The van der Waals surface area contributed by atoms with Gasteiger partial charge in [-0.15, -0.1) is 10.2 Å². The highest BCUT2D eigenvalue weighted by Crippen LogP contribution is 2.29. The molecule has 3 aromatic rings. The second-order valence-electron chi connectivity index (χ2n) is 4.56. The summed E-state index contributed by atoms with van der Waals surface area (Å²) >= 11 is 15.3. The minimum absolute atomic E-state index is 0.547. The maximum absolute atomic E-state index is 6.14. The zero-order valence-corrected chi connectivity index (χ0v) is 14.9. The topological polar surface area (TPSA) is 55.1 Å². The number of imidazole rings is 1. The fourth-order valence-electron chi connectivity index (χ4n) is 1.85. The van der Waals surface area contributed by atoms with Crippen LogP contribution in [0.2, 0.25) is 10.0 Å². The summed E-state index contributed by atoms with van der Waals surface area (Å²) in [6.45, 7) is 3.02. The molecule has 0 aliphatic rings. The van der Waals surface area contributed by atoms with Crippen LogP contribution >= 0.6 is 46.3 Å². The van der Waals surface area contributed by atoms with Crippen LogP contribution in [0.15, 0.2) is 22.8 Å². The quantitative estimate of drug-likeness (QED) is 0.639. The normalized spacial score (nSPS) is 11.2. The number of anilines is 1. The molecule has 0 saturated carbocycles. The molecule has 22 heavy (non-hydrogen) atoms. The van der Waals surface area contributed by atoms with Crippen molar-refractivity contribution < 1.29 is 0 Å². The average Bonchev–Trinajstić information content (AvgIpc) is 3.09. The maximum Gasteiger partial charge on any atom is 0.206 e. The smallest absolute Gasteiger partial charge is 0.206 e. The van der Waals surface area contributed by atoms with Crippen LogP contribution in [0.5, 0.6) is 0 Å². The minimum Gasteiger partial charge on any atom is -0.360 e. The average molecular weight is 374 g/mol. The molecule has 0 amide bonds. The maximum atomic E-state index is 6.14. The first-order valence-corrected chi connectivity index (χ1v) is 9.24. The van der Waals surface area contributed by atoms with Crippen LogP contribution in [-0.2, 0) is 5.75 Å². The van der Waals surface area contributed by atoms with E-state index in [4.69, 9.17) is 23.2 Å². The lowest BCUT2D eigenvalue weighted by atomic mass is 10.5. The van der Waals surface area contributed by atoms with E-state index in [1.165, 1.54) is 0 Å². The number of fused-ring (bicyclic) bond motifs is 1. The first-order valence-electron chi connectivity index (χ1n) is 6.68. The first-order chi connectivity index (χ1) is 10.7. The predicted octanol–water partition coefficient (Wildman–Crippen LogP) is 4.61. The molecule has 0 aromatic carbocycles. The Labute approximate surface area is 146 Å². The van der Waals surface area contributed by atoms with E-state index in [2.05, 4.69) is 27.4 Å². The molecule has 0 bridgehead atoms. The Balaban J connectivity index is 1.68. The Kier molecular flexibility index (Phi) is 5.07. The van der Waals surface area contributed by atoms with Crippen LogP contribution in [0.3, 0.4) is 0 Å². The summed E-state index contributed by atoms with van der Waals surface area (Å²) in [6.07, 6.45) is 4.78. The molecule has 0 aliphatic carbocycles. The van der Waals surface area contributed by atoms with Crippen molar-refractivity contribution in [2.45, 2.75) is 23.4 Å². The fourth-order valence-corrected chi connectivity index (χ4v) is 4.04. The number of rotatable bonds is 6. The summed E-state index contributed by atoms with van der Waals surface area (Å²) in [5, 5.41) is 13.5.